The fourth-order valence-electron chi connectivity index (χ4n) is 4.31. The van der Waals surface area contributed by atoms with Gasteiger partial charge in [0.1, 0.15) is 5.82 Å². The van der Waals surface area contributed by atoms with Gasteiger partial charge in [-0.25, -0.2) is 4.39 Å². The molecule has 3 aromatic rings. The van der Waals surface area contributed by atoms with E-state index in [2.05, 4.69) is 53.4 Å². The van der Waals surface area contributed by atoms with Gasteiger partial charge in [-0.1, -0.05) is 48.5 Å². The number of hydrogen-bond acceptors (Lipinski definition) is 1. The monoisotopic (exact) mass is 315 g/mol. The number of hydrogen-bond donors (Lipinski definition) is 0. The molecule has 1 heterocycles. The molecular formula is C22H18FN. The topological polar surface area (TPSA) is 3.24 Å². The van der Waals surface area contributed by atoms with Crippen LogP contribution < -0.4 is 4.90 Å². The van der Waals surface area contributed by atoms with Crippen LogP contribution in [0.15, 0.2) is 66.7 Å². The first-order valence-electron chi connectivity index (χ1n) is 8.53. The van der Waals surface area contributed by atoms with E-state index in [0.29, 0.717) is 6.04 Å². The van der Waals surface area contributed by atoms with E-state index in [9.17, 15) is 4.39 Å². The minimum atomic E-state index is -0.134. The molecule has 1 nitrogen and oxygen atoms in total. The van der Waals surface area contributed by atoms with Crippen LogP contribution in [0, 0.1) is 5.82 Å². The summed E-state index contributed by atoms with van der Waals surface area (Å²) in [6.07, 6.45) is 1.93. The third kappa shape index (κ3) is 1.99. The maximum Gasteiger partial charge on any atom is 0.123 e. The molecule has 1 atom stereocenters. The van der Waals surface area contributed by atoms with Crippen molar-refractivity contribution in [1.82, 2.24) is 0 Å². The van der Waals surface area contributed by atoms with Gasteiger partial charge in [-0.05, 0) is 58.9 Å². The quantitative estimate of drug-likeness (QED) is 0.600. The summed E-state index contributed by atoms with van der Waals surface area (Å²) < 4.78 is 13.5. The van der Waals surface area contributed by atoms with E-state index in [1.807, 2.05) is 6.07 Å². The molecule has 0 N–H and O–H groups in total. The van der Waals surface area contributed by atoms with Crippen molar-refractivity contribution in [2.45, 2.75) is 18.9 Å². The molecule has 0 saturated heterocycles. The molecule has 2 aliphatic rings. The molecule has 0 bridgehead atoms. The lowest BCUT2D eigenvalue weighted by Gasteiger charge is -2.36. The third-order valence-electron chi connectivity index (χ3n) is 5.39. The number of benzene rings is 3. The zero-order valence-corrected chi connectivity index (χ0v) is 13.4. The fourth-order valence-corrected chi connectivity index (χ4v) is 4.31. The molecule has 1 aliphatic heterocycles. The van der Waals surface area contributed by atoms with Crippen LogP contribution in [0.3, 0.4) is 0 Å². The number of nitrogens with zero attached hydrogens (tertiary/aromatic N) is 1. The normalized spacial score (nSPS) is 18.0. The van der Waals surface area contributed by atoms with E-state index >= 15 is 0 Å². The van der Waals surface area contributed by atoms with Crippen molar-refractivity contribution in [3.8, 4) is 11.1 Å². The van der Waals surface area contributed by atoms with Crippen molar-refractivity contribution in [1.29, 1.82) is 0 Å². The lowest BCUT2D eigenvalue weighted by Crippen LogP contribution is -2.30. The molecule has 0 amide bonds. The summed E-state index contributed by atoms with van der Waals surface area (Å²) in [5.74, 6) is -0.134. The van der Waals surface area contributed by atoms with Gasteiger partial charge < -0.3 is 4.90 Å². The smallest absolute Gasteiger partial charge is 0.123 e. The summed E-state index contributed by atoms with van der Waals surface area (Å²) >= 11 is 0. The summed E-state index contributed by atoms with van der Waals surface area (Å²) in [5, 5.41) is 0. The first-order chi connectivity index (χ1) is 11.8. The van der Waals surface area contributed by atoms with Gasteiger partial charge in [-0.15, -0.1) is 0 Å². The minimum absolute atomic E-state index is 0.134. The Bertz CT molecular complexity index is 931. The first-order valence-corrected chi connectivity index (χ1v) is 8.53. The van der Waals surface area contributed by atoms with Crippen LogP contribution in [0.4, 0.5) is 10.1 Å². The second-order valence-electron chi connectivity index (χ2n) is 6.68. The Morgan fingerprint density at radius 3 is 2.54 bits per heavy atom. The zero-order valence-electron chi connectivity index (χ0n) is 13.4. The molecule has 3 aromatic carbocycles. The predicted molar refractivity (Wildman–Crippen MR) is 95.8 cm³/mol. The molecule has 2 heteroatoms. The molecule has 118 valence electrons. The molecule has 24 heavy (non-hydrogen) atoms. The lowest BCUT2D eigenvalue weighted by molar-refractivity contribution is 0.625. The van der Waals surface area contributed by atoms with Crippen molar-refractivity contribution < 1.29 is 4.39 Å². The highest BCUT2D eigenvalue weighted by Crippen LogP contribution is 2.44. The summed E-state index contributed by atoms with van der Waals surface area (Å²) in [6, 6.07) is 23.0. The summed E-state index contributed by atoms with van der Waals surface area (Å²) in [4.78, 5) is 2.46. The second kappa shape index (κ2) is 5.20. The van der Waals surface area contributed by atoms with Gasteiger partial charge in [0.25, 0.3) is 0 Å². The largest absolute Gasteiger partial charge is 0.364 e. The van der Waals surface area contributed by atoms with Crippen molar-refractivity contribution in [3.05, 3.63) is 89.2 Å². The molecule has 0 spiro atoms. The van der Waals surface area contributed by atoms with E-state index < -0.39 is 0 Å². The molecule has 1 unspecified atom stereocenters. The van der Waals surface area contributed by atoms with Crippen molar-refractivity contribution in [2.24, 2.45) is 0 Å². The standard InChI is InChI=1S/C22H18FN/c23-17-9-10-21-16(13-17)11-12-24(21)22-14-15-5-1-2-6-18(15)19-7-3-4-8-20(19)22/h1-10,13,22H,11-12,14H2. The van der Waals surface area contributed by atoms with E-state index in [-0.39, 0.29) is 5.82 Å². The molecule has 5 rings (SSSR count). The Hall–Kier alpha value is -2.61. The van der Waals surface area contributed by atoms with Gasteiger partial charge in [0.2, 0.25) is 0 Å². The summed E-state index contributed by atoms with van der Waals surface area (Å²) in [7, 11) is 0. The molecule has 1 aliphatic carbocycles. The Kier molecular flexibility index (Phi) is 2.99. The number of fused-ring (bicyclic) bond motifs is 4. The van der Waals surface area contributed by atoms with Gasteiger partial charge >= 0.3 is 0 Å². The van der Waals surface area contributed by atoms with Gasteiger partial charge in [-0.2, -0.15) is 0 Å². The summed E-state index contributed by atoms with van der Waals surface area (Å²) in [6.45, 7) is 0.958. The van der Waals surface area contributed by atoms with Crippen LogP contribution >= 0.6 is 0 Å². The third-order valence-corrected chi connectivity index (χ3v) is 5.39. The van der Waals surface area contributed by atoms with Crippen molar-refractivity contribution in [3.63, 3.8) is 0 Å². The highest BCUT2D eigenvalue weighted by Gasteiger charge is 2.32. The van der Waals surface area contributed by atoms with Crippen LogP contribution in [0.5, 0.6) is 0 Å². The van der Waals surface area contributed by atoms with E-state index in [0.717, 1.165) is 24.9 Å². The van der Waals surface area contributed by atoms with Crippen LogP contribution in [-0.2, 0) is 12.8 Å². The van der Waals surface area contributed by atoms with Crippen LogP contribution in [0.1, 0.15) is 22.7 Å². The maximum absolute atomic E-state index is 13.5. The number of halogens is 1. The zero-order chi connectivity index (χ0) is 16.1. The lowest BCUT2D eigenvalue weighted by atomic mass is 9.82. The molecule has 0 radical (unpaired) electrons. The average molecular weight is 315 g/mol. The van der Waals surface area contributed by atoms with Gasteiger partial charge in [-0.3, -0.25) is 0 Å². The van der Waals surface area contributed by atoms with Crippen LogP contribution in [-0.4, -0.2) is 6.54 Å². The number of anilines is 1. The highest BCUT2D eigenvalue weighted by molar-refractivity contribution is 5.75. The van der Waals surface area contributed by atoms with Gasteiger partial charge in [0.05, 0.1) is 6.04 Å². The van der Waals surface area contributed by atoms with Gasteiger partial charge in [0.15, 0.2) is 0 Å². The molecular weight excluding hydrogens is 297 g/mol. The summed E-state index contributed by atoms with van der Waals surface area (Å²) in [5.41, 5.74) is 7.79. The van der Waals surface area contributed by atoms with Crippen LogP contribution in [0.25, 0.3) is 11.1 Å². The minimum Gasteiger partial charge on any atom is -0.364 e. The first kappa shape index (κ1) is 13.8. The van der Waals surface area contributed by atoms with Crippen molar-refractivity contribution >= 4 is 5.69 Å². The van der Waals surface area contributed by atoms with E-state index in [1.165, 1.54) is 27.9 Å². The maximum atomic E-state index is 13.5. The fraction of sp³-hybridized carbons (Fsp3) is 0.182. The second-order valence-corrected chi connectivity index (χ2v) is 6.68. The number of rotatable bonds is 1. The van der Waals surface area contributed by atoms with E-state index in [1.54, 1.807) is 12.1 Å². The van der Waals surface area contributed by atoms with Gasteiger partial charge in [0, 0.05) is 12.2 Å². The SMILES string of the molecule is Fc1ccc2c(c1)CCN2C1Cc2ccccc2-c2ccccc21. The Balaban J connectivity index is 1.64. The Morgan fingerprint density at radius 2 is 1.62 bits per heavy atom. The molecule has 0 aromatic heterocycles. The highest BCUT2D eigenvalue weighted by atomic mass is 19.1. The average Bonchev–Trinajstić information content (AvgIpc) is 3.04. The van der Waals surface area contributed by atoms with E-state index in [4.69, 9.17) is 0 Å². The molecule has 0 saturated carbocycles. The molecule has 0 fully saturated rings. The van der Waals surface area contributed by atoms with Crippen LogP contribution in [0.2, 0.25) is 0 Å². The predicted octanol–water partition coefficient (Wildman–Crippen LogP) is 5.15. The Morgan fingerprint density at radius 1 is 0.833 bits per heavy atom. The Labute approximate surface area is 141 Å². The van der Waals surface area contributed by atoms with Crippen molar-refractivity contribution in [2.75, 3.05) is 11.4 Å².